The Morgan fingerprint density at radius 2 is 2.09 bits per heavy atom. The number of methoxy groups -OCH3 is 1. The fourth-order valence-corrected chi connectivity index (χ4v) is 4.03. The van der Waals surface area contributed by atoms with Crippen molar-refractivity contribution >= 4 is 10.0 Å². The highest BCUT2D eigenvalue weighted by Crippen LogP contribution is 2.29. The van der Waals surface area contributed by atoms with Gasteiger partial charge in [0, 0.05) is 12.7 Å². The zero-order valence-electron chi connectivity index (χ0n) is 12.1. The summed E-state index contributed by atoms with van der Waals surface area (Å²) >= 11 is 0. The number of aromatic amines is 1. The molecule has 2 heterocycles. The van der Waals surface area contributed by atoms with Crippen molar-refractivity contribution in [2.45, 2.75) is 10.9 Å². The van der Waals surface area contributed by atoms with E-state index in [1.165, 1.54) is 4.31 Å². The van der Waals surface area contributed by atoms with E-state index in [9.17, 15) is 8.42 Å². The third kappa shape index (κ3) is 2.72. The van der Waals surface area contributed by atoms with Crippen molar-refractivity contribution in [1.29, 1.82) is 0 Å². The average molecular weight is 323 g/mol. The van der Waals surface area contributed by atoms with Gasteiger partial charge in [-0.1, -0.05) is 0 Å². The second-order valence-corrected chi connectivity index (χ2v) is 6.78. The van der Waals surface area contributed by atoms with Gasteiger partial charge in [-0.3, -0.25) is 5.10 Å². The van der Waals surface area contributed by atoms with Crippen molar-refractivity contribution in [3.63, 3.8) is 0 Å². The summed E-state index contributed by atoms with van der Waals surface area (Å²) in [5.41, 5.74) is 0.719. The minimum Gasteiger partial charge on any atom is -0.497 e. The summed E-state index contributed by atoms with van der Waals surface area (Å²) in [5, 5.41) is 6.71. The van der Waals surface area contributed by atoms with Crippen LogP contribution in [0.25, 0.3) is 0 Å². The van der Waals surface area contributed by atoms with Crippen molar-refractivity contribution in [2.75, 3.05) is 26.9 Å². The molecule has 0 radical (unpaired) electrons. The van der Waals surface area contributed by atoms with Gasteiger partial charge in [-0.15, -0.1) is 0 Å². The average Bonchev–Trinajstić information content (AvgIpc) is 3.09. The molecule has 0 amide bonds. The van der Waals surface area contributed by atoms with Crippen LogP contribution in [-0.4, -0.2) is 49.8 Å². The molecule has 0 aliphatic carbocycles. The molecule has 2 aromatic rings. The lowest BCUT2D eigenvalue weighted by Crippen LogP contribution is -2.43. The van der Waals surface area contributed by atoms with Crippen LogP contribution >= 0.6 is 0 Å². The van der Waals surface area contributed by atoms with E-state index in [4.69, 9.17) is 9.47 Å². The summed E-state index contributed by atoms with van der Waals surface area (Å²) in [5.74, 6) is 0.617. The molecule has 1 atom stereocenters. The van der Waals surface area contributed by atoms with Crippen LogP contribution in [0.15, 0.2) is 41.4 Å². The summed E-state index contributed by atoms with van der Waals surface area (Å²) < 4.78 is 37.7. The summed E-state index contributed by atoms with van der Waals surface area (Å²) in [6, 6.07) is 7.73. The molecular weight excluding hydrogens is 306 g/mol. The van der Waals surface area contributed by atoms with Crippen LogP contribution in [0.2, 0.25) is 0 Å². The number of hydrogen-bond acceptors (Lipinski definition) is 5. The molecule has 3 rings (SSSR count). The molecule has 1 aromatic carbocycles. The van der Waals surface area contributed by atoms with E-state index >= 15 is 0 Å². The van der Waals surface area contributed by atoms with Gasteiger partial charge in [0.05, 0.1) is 37.0 Å². The van der Waals surface area contributed by atoms with Crippen LogP contribution in [0.3, 0.4) is 0 Å². The number of nitrogens with zero attached hydrogens (tertiary/aromatic N) is 2. The van der Waals surface area contributed by atoms with Gasteiger partial charge < -0.3 is 9.47 Å². The molecule has 22 heavy (non-hydrogen) atoms. The summed E-state index contributed by atoms with van der Waals surface area (Å²) in [4.78, 5) is 0.236. The van der Waals surface area contributed by atoms with Crippen molar-refractivity contribution in [3.05, 3.63) is 42.2 Å². The maximum atomic E-state index is 12.9. The van der Waals surface area contributed by atoms with Gasteiger partial charge in [0.2, 0.25) is 10.0 Å². The van der Waals surface area contributed by atoms with Gasteiger partial charge in [0.25, 0.3) is 0 Å². The second kappa shape index (κ2) is 6.07. The minimum atomic E-state index is -3.61. The molecule has 1 N–H and O–H groups in total. The Labute approximate surface area is 128 Å². The molecular formula is C14H17N3O4S. The number of aromatic nitrogens is 2. The number of morpholine rings is 1. The highest BCUT2D eigenvalue weighted by atomic mass is 32.2. The molecule has 1 aromatic heterocycles. The monoisotopic (exact) mass is 323 g/mol. The highest BCUT2D eigenvalue weighted by Gasteiger charge is 2.35. The van der Waals surface area contributed by atoms with Crippen LogP contribution in [0, 0.1) is 0 Å². The molecule has 0 unspecified atom stereocenters. The lowest BCUT2D eigenvalue weighted by molar-refractivity contribution is 0.0306. The van der Waals surface area contributed by atoms with E-state index in [2.05, 4.69) is 10.2 Å². The zero-order valence-corrected chi connectivity index (χ0v) is 12.9. The Kier molecular flexibility index (Phi) is 4.14. The Morgan fingerprint density at radius 1 is 1.32 bits per heavy atom. The largest absolute Gasteiger partial charge is 0.497 e. The predicted octanol–water partition coefficient (Wildman–Crippen LogP) is 1.18. The van der Waals surface area contributed by atoms with Crippen molar-refractivity contribution in [1.82, 2.24) is 14.5 Å². The molecule has 118 valence electrons. The van der Waals surface area contributed by atoms with Gasteiger partial charge in [-0.25, -0.2) is 8.42 Å². The standard InChI is InChI=1S/C14H17N3O4S/c1-20-11-2-4-12(5-3-11)22(18,19)17-8-9-21-10-14(17)13-6-7-15-16-13/h2-7,14H,8-10H2,1H3,(H,15,16)/t14-/m1/s1. The SMILES string of the molecule is COc1ccc(S(=O)(=O)N2CCOC[C@@H]2c2ccn[nH]2)cc1. The third-order valence-corrected chi connectivity index (χ3v) is 5.55. The van der Waals surface area contributed by atoms with Crippen LogP contribution < -0.4 is 4.74 Å². The van der Waals surface area contributed by atoms with Gasteiger partial charge >= 0.3 is 0 Å². The molecule has 1 fully saturated rings. The number of rotatable bonds is 4. The summed E-state index contributed by atoms with van der Waals surface area (Å²) in [7, 11) is -2.07. The molecule has 7 nitrogen and oxygen atoms in total. The van der Waals surface area contributed by atoms with Crippen LogP contribution in [0.5, 0.6) is 5.75 Å². The fourth-order valence-electron chi connectivity index (χ4n) is 2.46. The Morgan fingerprint density at radius 3 is 2.73 bits per heavy atom. The van der Waals surface area contributed by atoms with E-state index in [-0.39, 0.29) is 4.90 Å². The topological polar surface area (TPSA) is 84.5 Å². The quantitative estimate of drug-likeness (QED) is 0.913. The number of hydrogen-bond donors (Lipinski definition) is 1. The predicted molar refractivity (Wildman–Crippen MR) is 79.0 cm³/mol. The van der Waals surface area contributed by atoms with Crippen LogP contribution in [0.4, 0.5) is 0 Å². The molecule has 1 aliphatic rings. The minimum absolute atomic E-state index is 0.236. The van der Waals surface area contributed by atoms with Crippen LogP contribution in [-0.2, 0) is 14.8 Å². The zero-order chi connectivity index (χ0) is 15.6. The van der Waals surface area contributed by atoms with E-state index < -0.39 is 16.1 Å². The third-order valence-electron chi connectivity index (χ3n) is 3.63. The molecule has 1 saturated heterocycles. The highest BCUT2D eigenvalue weighted by molar-refractivity contribution is 7.89. The van der Waals surface area contributed by atoms with Gasteiger partial charge in [0.15, 0.2) is 0 Å². The Bertz CT molecular complexity index is 713. The van der Waals surface area contributed by atoms with Gasteiger partial charge in [0.1, 0.15) is 5.75 Å². The molecule has 0 saturated carbocycles. The number of benzene rings is 1. The first-order valence-corrected chi connectivity index (χ1v) is 8.30. The first-order valence-electron chi connectivity index (χ1n) is 6.86. The number of nitrogens with one attached hydrogen (secondary N) is 1. The van der Waals surface area contributed by atoms with E-state index in [1.54, 1.807) is 43.6 Å². The molecule has 1 aliphatic heterocycles. The summed E-state index contributed by atoms with van der Waals surface area (Å²) in [6.07, 6.45) is 1.60. The smallest absolute Gasteiger partial charge is 0.243 e. The Hall–Kier alpha value is -1.90. The molecule has 8 heteroatoms. The van der Waals surface area contributed by atoms with E-state index in [0.717, 1.165) is 5.69 Å². The Balaban J connectivity index is 1.94. The van der Waals surface area contributed by atoms with Crippen molar-refractivity contribution < 1.29 is 17.9 Å². The maximum absolute atomic E-state index is 12.9. The number of H-pyrrole nitrogens is 1. The van der Waals surface area contributed by atoms with E-state index in [0.29, 0.717) is 25.5 Å². The number of ether oxygens (including phenoxy) is 2. The van der Waals surface area contributed by atoms with Crippen molar-refractivity contribution in [3.8, 4) is 5.75 Å². The maximum Gasteiger partial charge on any atom is 0.243 e. The molecule has 0 spiro atoms. The lowest BCUT2D eigenvalue weighted by Gasteiger charge is -2.33. The van der Waals surface area contributed by atoms with Gasteiger partial charge in [-0.2, -0.15) is 9.40 Å². The van der Waals surface area contributed by atoms with Gasteiger partial charge in [-0.05, 0) is 30.3 Å². The second-order valence-electron chi connectivity index (χ2n) is 4.89. The van der Waals surface area contributed by atoms with Crippen LogP contribution in [0.1, 0.15) is 11.7 Å². The van der Waals surface area contributed by atoms with Crippen molar-refractivity contribution in [2.24, 2.45) is 0 Å². The normalized spacial score (nSPS) is 20.0. The first-order chi connectivity index (χ1) is 10.6. The lowest BCUT2D eigenvalue weighted by atomic mass is 10.2. The fraction of sp³-hybridized carbons (Fsp3) is 0.357. The summed E-state index contributed by atoms with van der Waals surface area (Å²) in [6.45, 7) is 0.982. The molecule has 0 bridgehead atoms. The number of sulfonamides is 1. The first kappa shape index (κ1) is 15.0. The van der Waals surface area contributed by atoms with E-state index in [1.807, 2.05) is 0 Å².